The zero-order valence-electron chi connectivity index (χ0n) is 11.4. The van der Waals surface area contributed by atoms with Crippen LogP contribution in [0.3, 0.4) is 0 Å². The number of aliphatic hydroxyl groups is 1. The highest BCUT2D eigenvalue weighted by molar-refractivity contribution is 5.02. The zero-order chi connectivity index (χ0) is 12.2. The molecular formula is C15H28O. The molecule has 1 aliphatic rings. The Morgan fingerprint density at radius 3 is 2.69 bits per heavy atom. The summed E-state index contributed by atoms with van der Waals surface area (Å²) in [5, 5.41) is 9.75. The normalized spacial score (nSPS) is 31.8. The van der Waals surface area contributed by atoms with Crippen LogP contribution in [0.2, 0.25) is 0 Å². The summed E-state index contributed by atoms with van der Waals surface area (Å²) < 4.78 is 0. The predicted octanol–water partition coefficient (Wildman–Crippen LogP) is 4.17. The minimum Gasteiger partial charge on any atom is -0.389 e. The van der Waals surface area contributed by atoms with Crippen molar-refractivity contribution < 1.29 is 5.11 Å². The lowest BCUT2D eigenvalue weighted by molar-refractivity contribution is 0.121. The van der Waals surface area contributed by atoms with E-state index in [0.29, 0.717) is 11.3 Å². The van der Waals surface area contributed by atoms with Crippen molar-refractivity contribution >= 4 is 0 Å². The molecule has 0 spiro atoms. The summed E-state index contributed by atoms with van der Waals surface area (Å²) in [4.78, 5) is 0. The number of rotatable bonds is 4. The topological polar surface area (TPSA) is 20.2 Å². The highest BCUT2D eigenvalue weighted by Crippen LogP contribution is 2.44. The van der Waals surface area contributed by atoms with E-state index < -0.39 is 0 Å². The van der Waals surface area contributed by atoms with Crippen LogP contribution in [-0.2, 0) is 0 Å². The van der Waals surface area contributed by atoms with Crippen LogP contribution in [0.4, 0.5) is 0 Å². The minimum absolute atomic E-state index is 0.241. The van der Waals surface area contributed by atoms with Crippen molar-refractivity contribution in [3.8, 4) is 0 Å². The smallest absolute Gasteiger partial charge is 0.0720 e. The SMILES string of the molecule is CCCC(O)C=CC1C(C)CCCC1(C)C. The second-order valence-electron chi connectivity index (χ2n) is 6.12. The van der Waals surface area contributed by atoms with Gasteiger partial charge in [-0.2, -0.15) is 0 Å². The zero-order valence-corrected chi connectivity index (χ0v) is 11.4. The Labute approximate surface area is 101 Å². The third kappa shape index (κ3) is 3.62. The maximum Gasteiger partial charge on any atom is 0.0720 e. The van der Waals surface area contributed by atoms with Gasteiger partial charge < -0.3 is 5.11 Å². The Morgan fingerprint density at radius 1 is 1.44 bits per heavy atom. The van der Waals surface area contributed by atoms with Gasteiger partial charge in [-0.3, -0.25) is 0 Å². The summed E-state index contributed by atoms with van der Waals surface area (Å²) in [6, 6.07) is 0. The van der Waals surface area contributed by atoms with Gasteiger partial charge in [0.25, 0.3) is 0 Å². The van der Waals surface area contributed by atoms with E-state index in [1.165, 1.54) is 19.3 Å². The van der Waals surface area contributed by atoms with Crippen LogP contribution in [-0.4, -0.2) is 11.2 Å². The molecular weight excluding hydrogens is 196 g/mol. The summed E-state index contributed by atoms with van der Waals surface area (Å²) in [7, 11) is 0. The van der Waals surface area contributed by atoms with E-state index in [4.69, 9.17) is 0 Å². The summed E-state index contributed by atoms with van der Waals surface area (Å²) in [6.45, 7) is 9.19. The van der Waals surface area contributed by atoms with E-state index in [0.717, 1.165) is 18.8 Å². The van der Waals surface area contributed by atoms with Crippen LogP contribution < -0.4 is 0 Å². The molecule has 0 saturated heterocycles. The van der Waals surface area contributed by atoms with Crippen molar-refractivity contribution in [1.29, 1.82) is 0 Å². The van der Waals surface area contributed by atoms with Gasteiger partial charge in [0, 0.05) is 0 Å². The molecule has 0 aromatic carbocycles. The maximum atomic E-state index is 9.75. The number of allylic oxidation sites excluding steroid dienone is 1. The fourth-order valence-electron chi connectivity index (χ4n) is 3.09. The summed E-state index contributed by atoms with van der Waals surface area (Å²) in [5.41, 5.74) is 0.403. The van der Waals surface area contributed by atoms with Gasteiger partial charge in [-0.05, 0) is 30.1 Å². The van der Waals surface area contributed by atoms with Gasteiger partial charge in [0.2, 0.25) is 0 Å². The molecule has 3 atom stereocenters. The Bertz CT molecular complexity index is 230. The fraction of sp³-hybridized carbons (Fsp3) is 0.867. The van der Waals surface area contributed by atoms with Crippen molar-refractivity contribution in [3.63, 3.8) is 0 Å². The molecule has 16 heavy (non-hydrogen) atoms. The molecule has 0 amide bonds. The van der Waals surface area contributed by atoms with E-state index in [-0.39, 0.29) is 6.10 Å². The van der Waals surface area contributed by atoms with Crippen molar-refractivity contribution in [3.05, 3.63) is 12.2 Å². The number of aliphatic hydroxyl groups excluding tert-OH is 1. The number of hydrogen-bond donors (Lipinski definition) is 1. The van der Waals surface area contributed by atoms with E-state index in [2.05, 4.69) is 33.8 Å². The van der Waals surface area contributed by atoms with Crippen LogP contribution in [0.5, 0.6) is 0 Å². The largest absolute Gasteiger partial charge is 0.389 e. The van der Waals surface area contributed by atoms with Crippen LogP contribution in [0.25, 0.3) is 0 Å². The molecule has 1 nitrogen and oxygen atoms in total. The van der Waals surface area contributed by atoms with Gasteiger partial charge in [0.05, 0.1) is 6.10 Å². The fourth-order valence-corrected chi connectivity index (χ4v) is 3.09. The first-order valence-corrected chi connectivity index (χ1v) is 6.83. The van der Waals surface area contributed by atoms with Crippen molar-refractivity contribution in [2.24, 2.45) is 17.3 Å². The van der Waals surface area contributed by atoms with Crippen LogP contribution >= 0.6 is 0 Å². The molecule has 1 N–H and O–H groups in total. The van der Waals surface area contributed by atoms with Crippen molar-refractivity contribution in [2.75, 3.05) is 0 Å². The van der Waals surface area contributed by atoms with E-state index in [1.807, 2.05) is 6.08 Å². The van der Waals surface area contributed by atoms with Gasteiger partial charge in [-0.1, -0.05) is 59.1 Å². The van der Waals surface area contributed by atoms with E-state index in [1.54, 1.807) is 0 Å². The van der Waals surface area contributed by atoms with Crippen LogP contribution in [0, 0.1) is 17.3 Å². The standard InChI is InChI=1S/C15H28O/c1-5-7-13(16)9-10-14-12(2)8-6-11-15(14,3)4/h9-10,12-14,16H,5-8,11H2,1-4H3. The summed E-state index contributed by atoms with van der Waals surface area (Å²) >= 11 is 0. The van der Waals surface area contributed by atoms with Gasteiger partial charge in [0.1, 0.15) is 0 Å². The predicted molar refractivity (Wildman–Crippen MR) is 70.3 cm³/mol. The quantitative estimate of drug-likeness (QED) is 0.711. The average Bonchev–Trinajstić information content (AvgIpc) is 2.16. The summed E-state index contributed by atoms with van der Waals surface area (Å²) in [5.74, 6) is 1.39. The van der Waals surface area contributed by atoms with Crippen molar-refractivity contribution in [2.45, 2.75) is 65.9 Å². The maximum absolute atomic E-state index is 9.75. The monoisotopic (exact) mass is 224 g/mol. The highest BCUT2D eigenvalue weighted by atomic mass is 16.3. The third-order valence-corrected chi connectivity index (χ3v) is 4.12. The van der Waals surface area contributed by atoms with Gasteiger partial charge in [0.15, 0.2) is 0 Å². The minimum atomic E-state index is -0.241. The molecule has 0 aromatic heterocycles. The third-order valence-electron chi connectivity index (χ3n) is 4.12. The average molecular weight is 224 g/mol. The molecule has 1 fully saturated rings. The Morgan fingerprint density at radius 2 is 2.12 bits per heavy atom. The molecule has 3 unspecified atom stereocenters. The van der Waals surface area contributed by atoms with Gasteiger partial charge in [-0.25, -0.2) is 0 Å². The van der Waals surface area contributed by atoms with Crippen LogP contribution in [0.15, 0.2) is 12.2 Å². The molecule has 0 aromatic rings. The Hall–Kier alpha value is -0.300. The molecule has 0 bridgehead atoms. The summed E-state index contributed by atoms with van der Waals surface area (Å²) in [6.07, 6.45) is 10.0. The second-order valence-corrected chi connectivity index (χ2v) is 6.12. The van der Waals surface area contributed by atoms with Crippen LogP contribution in [0.1, 0.15) is 59.8 Å². The molecule has 1 aliphatic carbocycles. The molecule has 0 radical (unpaired) electrons. The first-order chi connectivity index (χ1) is 7.47. The first kappa shape index (κ1) is 13.8. The second kappa shape index (κ2) is 5.86. The molecule has 0 heterocycles. The lowest BCUT2D eigenvalue weighted by Gasteiger charge is -2.41. The van der Waals surface area contributed by atoms with E-state index >= 15 is 0 Å². The number of hydrogen-bond acceptors (Lipinski definition) is 1. The first-order valence-electron chi connectivity index (χ1n) is 6.83. The molecule has 1 rings (SSSR count). The lowest BCUT2D eigenvalue weighted by atomic mass is 9.64. The van der Waals surface area contributed by atoms with Gasteiger partial charge in [-0.15, -0.1) is 0 Å². The molecule has 0 aliphatic heterocycles. The lowest BCUT2D eigenvalue weighted by Crippen LogP contribution is -2.32. The Balaban J connectivity index is 2.61. The highest BCUT2D eigenvalue weighted by Gasteiger charge is 2.34. The molecule has 1 saturated carbocycles. The molecule has 94 valence electrons. The van der Waals surface area contributed by atoms with E-state index in [9.17, 15) is 5.11 Å². The van der Waals surface area contributed by atoms with Gasteiger partial charge >= 0.3 is 0 Å². The Kier molecular flexibility index (Phi) is 5.04. The van der Waals surface area contributed by atoms with Crippen molar-refractivity contribution in [1.82, 2.24) is 0 Å². The molecule has 1 heteroatoms.